The number of rotatable bonds is 1. The molecule has 13 heavy (non-hydrogen) atoms. The van der Waals surface area contributed by atoms with E-state index in [2.05, 4.69) is 20.7 Å². The first-order valence-corrected chi connectivity index (χ1v) is 4.22. The van der Waals surface area contributed by atoms with Gasteiger partial charge in [0.25, 0.3) is 0 Å². The van der Waals surface area contributed by atoms with E-state index in [-0.39, 0.29) is 21.5 Å². The van der Waals surface area contributed by atoms with E-state index in [0.29, 0.717) is 0 Å². The number of benzene rings is 1. The maximum atomic E-state index is 11.1. The van der Waals surface area contributed by atoms with Crippen LogP contribution in [-0.4, -0.2) is 18.2 Å². The highest BCUT2D eigenvalue weighted by atomic mass is 79.9. The van der Waals surface area contributed by atoms with E-state index >= 15 is 0 Å². The van der Waals surface area contributed by atoms with Crippen LogP contribution < -0.4 is 5.73 Å². The van der Waals surface area contributed by atoms with Gasteiger partial charge >= 0.3 is 5.97 Å². The molecule has 0 radical (unpaired) electrons. The van der Waals surface area contributed by atoms with Crippen LogP contribution in [0.4, 0.5) is 5.69 Å². The molecule has 0 spiro atoms. The van der Waals surface area contributed by atoms with E-state index in [1.165, 1.54) is 19.2 Å². The molecule has 1 aromatic rings. The van der Waals surface area contributed by atoms with Crippen LogP contribution in [0.25, 0.3) is 0 Å². The summed E-state index contributed by atoms with van der Waals surface area (Å²) in [7, 11) is 1.27. The molecule has 0 atom stereocenters. The summed E-state index contributed by atoms with van der Waals surface area (Å²) in [4.78, 5) is 11.1. The van der Waals surface area contributed by atoms with E-state index in [4.69, 9.17) is 5.73 Å². The van der Waals surface area contributed by atoms with Crippen LogP contribution in [0.3, 0.4) is 0 Å². The number of aromatic hydroxyl groups is 1. The molecular formula is C8H8BrNO3. The second-order valence-corrected chi connectivity index (χ2v) is 3.15. The fourth-order valence-corrected chi connectivity index (χ4v) is 1.37. The summed E-state index contributed by atoms with van der Waals surface area (Å²) >= 11 is 3.04. The van der Waals surface area contributed by atoms with Crippen LogP contribution >= 0.6 is 15.9 Å². The number of carbonyl (C=O) groups is 1. The fraction of sp³-hybridized carbons (Fsp3) is 0.125. The lowest BCUT2D eigenvalue weighted by Gasteiger charge is -2.05. The molecule has 0 saturated carbocycles. The number of esters is 1. The third-order valence-electron chi connectivity index (χ3n) is 1.55. The summed E-state index contributed by atoms with van der Waals surface area (Å²) in [5, 5.41) is 9.35. The Kier molecular flexibility index (Phi) is 2.77. The van der Waals surface area contributed by atoms with Gasteiger partial charge in [0, 0.05) is 0 Å². The molecule has 0 amide bonds. The average Bonchev–Trinajstić information content (AvgIpc) is 2.13. The zero-order valence-electron chi connectivity index (χ0n) is 6.87. The Balaban J connectivity index is 3.26. The van der Waals surface area contributed by atoms with Crippen LogP contribution in [0.2, 0.25) is 0 Å². The maximum Gasteiger partial charge on any atom is 0.339 e. The highest BCUT2D eigenvalue weighted by Gasteiger charge is 2.14. The summed E-state index contributed by atoms with van der Waals surface area (Å²) in [6, 6.07) is 2.91. The Labute approximate surface area is 83.4 Å². The van der Waals surface area contributed by atoms with E-state index in [9.17, 15) is 9.90 Å². The van der Waals surface area contributed by atoms with Crippen molar-refractivity contribution < 1.29 is 14.6 Å². The molecule has 5 heteroatoms. The number of hydrogen-bond acceptors (Lipinski definition) is 4. The lowest BCUT2D eigenvalue weighted by Crippen LogP contribution is -2.03. The number of anilines is 1. The Bertz CT molecular complexity index is 351. The van der Waals surface area contributed by atoms with Gasteiger partial charge in [-0.15, -0.1) is 0 Å². The molecule has 70 valence electrons. The first-order valence-electron chi connectivity index (χ1n) is 3.43. The maximum absolute atomic E-state index is 11.1. The average molecular weight is 246 g/mol. The highest BCUT2D eigenvalue weighted by molar-refractivity contribution is 9.10. The minimum absolute atomic E-state index is 0.150. The third-order valence-corrected chi connectivity index (χ3v) is 2.36. The van der Waals surface area contributed by atoms with Gasteiger partial charge in [-0.1, -0.05) is 0 Å². The standard InChI is InChI=1S/C8H8BrNO3/c1-13-8(12)4-2-3-5(10)7(11)6(4)9/h2-3,11H,10H2,1H3. The second kappa shape index (κ2) is 3.66. The molecule has 0 aliphatic carbocycles. The number of carbonyl (C=O) groups excluding carboxylic acids is 1. The zero-order valence-corrected chi connectivity index (χ0v) is 8.46. The second-order valence-electron chi connectivity index (χ2n) is 2.36. The minimum Gasteiger partial charge on any atom is -0.505 e. The highest BCUT2D eigenvalue weighted by Crippen LogP contribution is 2.33. The lowest BCUT2D eigenvalue weighted by atomic mass is 10.2. The molecule has 0 unspecified atom stereocenters. The van der Waals surface area contributed by atoms with Crippen LogP contribution in [0.1, 0.15) is 10.4 Å². The number of ether oxygens (including phenoxy) is 1. The summed E-state index contributed by atoms with van der Waals surface area (Å²) in [6.07, 6.45) is 0. The fourth-order valence-electron chi connectivity index (χ4n) is 0.847. The van der Waals surface area contributed by atoms with Crippen molar-refractivity contribution in [2.45, 2.75) is 0 Å². The van der Waals surface area contributed by atoms with Gasteiger partial charge in [-0.05, 0) is 28.1 Å². The van der Waals surface area contributed by atoms with Gasteiger partial charge in [0.1, 0.15) is 0 Å². The number of phenols is 1. The number of methoxy groups -OCH3 is 1. The minimum atomic E-state index is -0.526. The van der Waals surface area contributed by atoms with Crippen molar-refractivity contribution in [3.63, 3.8) is 0 Å². The van der Waals surface area contributed by atoms with Gasteiger partial charge in [-0.3, -0.25) is 0 Å². The van der Waals surface area contributed by atoms with Crippen molar-refractivity contribution in [3.05, 3.63) is 22.2 Å². The first-order chi connectivity index (χ1) is 6.07. The quantitative estimate of drug-likeness (QED) is 0.447. The number of hydrogen-bond donors (Lipinski definition) is 2. The van der Waals surface area contributed by atoms with E-state index in [0.717, 1.165) is 0 Å². The number of halogens is 1. The molecule has 0 heterocycles. The Morgan fingerprint density at radius 1 is 1.62 bits per heavy atom. The molecule has 0 aliphatic heterocycles. The van der Waals surface area contributed by atoms with Gasteiger partial charge < -0.3 is 15.6 Å². The molecular weight excluding hydrogens is 238 g/mol. The largest absolute Gasteiger partial charge is 0.505 e. The molecule has 1 aromatic carbocycles. The van der Waals surface area contributed by atoms with Gasteiger partial charge in [0.15, 0.2) is 5.75 Å². The predicted octanol–water partition coefficient (Wildman–Crippen LogP) is 1.52. The molecule has 0 saturated heterocycles. The SMILES string of the molecule is COC(=O)c1ccc(N)c(O)c1Br. The summed E-state index contributed by atoms with van der Waals surface area (Å²) < 4.78 is 4.74. The number of nitrogen functional groups attached to an aromatic ring is 1. The van der Waals surface area contributed by atoms with Crippen LogP contribution in [0.5, 0.6) is 5.75 Å². The zero-order chi connectivity index (χ0) is 10.0. The predicted molar refractivity (Wildman–Crippen MR) is 51.6 cm³/mol. The van der Waals surface area contributed by atoms with Crippen molar-refractivity contribution in [1.82, 2.24) is 0 Å². The molecule has 0 aliphatic rings. The van der Waals surface area contributed by atoms with Crippen LogP contribution in [-0.2, 0) is 4.74 Å². The summed E-state index contributed by atoms with van der Waals surface area (Å²) in [5.74, 6) is -0.676. The molecule has 1 rings (SSSR count). The van der Waals surface area contributed by atoms with Crippen molar-refractivity contribution >= 4 is 27.6 Å². The normalized spacial score (nSPS) is 9.69. The molecule has 3 N–H and O–H groups in total. The Hall–Kier alpha value is -1.23. The molecule has 0 fully saturated rings. The summed E-state index contributed by atoms with van der Waals surface area (Å²) in [5.41, 5.74) is 5.85. The Morgan fingerprint density at radius 2 is 2.23 bits per heavy atom. The smallest absolute Gasteiger partial charge is 0.339 e. The first kappa shape index (κ1) is 9.85. The van der Waals surface area contributed by atoms with Crippen molar-refractivity contribution in [2.24, 2.45) is 0 Å². The van der Waals surface area contributed by atoms with Crippen LogP contribution in [0.15, 0.2) is 16.6 Å². The number of phenolic OH excluding ortho intramolecular Hbond substituents is 1. The Morgan fingerprint density at radius 3 is 2.77 bits per heavy atom. The molecule has 0 aromatic heterocycles. The van der Waals surface area contributed by atoms with Gasteiger partial charge in [-0.25, -0.2) is 4.79 Å². The van der Waals surface area contributed by atoms with Gasteiger partial charge in [-0.2, -0.15) is 0 Å². The summed E-state index contributed by atoms with van der Waals surface area (Å²) in [6.45, 7) is 0. The van der Waals surface area contributed by atoms with Crippen molar-refractivity contribution in [1.29, 1.82) is 0 Å². The van der Waals surface area contributed by atoms with E-state index in [1.807, 2.05) is 0 Å². The molecule has 4 nitrogen and oxygen atoms in total. The third kappa shape index (κ3) is 1.75. The number of nitrogens with two attached hydrogens (primary N) is 1. The van der Waals surface area contributed by atoms with Gasteiger partial charge in [0.2, 0.25) is 0 Å². The van der Waals surface area contributed by atoms with Crippen LogP contribution in [0, 0.1) is 0 Å². The topological polar surface area (TPSA) is 72.5 Å². The van der Waals surface area contributed by atoms with E-state index in [1.54, 1.807) is 0 Å². The molecule has 0 bridgehead atoms. The van der Waals surface area contributed by atoms with Crippen molar-refractivity contribution in [3.8, 4) is 5.75 Å². The lowest BCUT2D eigenvalue weighted by molar-refractivity contribution is 0.0599. The van der Waals surface area contributed by atoms with Gasteiger partial charge in [0.05, 0.1) is 22.8 Å². The van der Waals surface area contributed by atoms with E-state index < -0.39 is 5.97 Å². The van der Waals surface area contributed by atoms with Crippen molar-refractivity contribution in [2.75, 3.05) is 12.8 Å². The monoisotopic (exact) mass is 245 g/mol.